The zero-order valence-corrected chi connectivity index (χ0v) is 27.6. The molecule has 2 amide bonds. The van der Waals surface area contributed by atoms with Crippen molar-refractivity contribution in [2.24, 2.45) is 5.92 Å². The van der Waals surface area contributed by atoms with Crippen LogP contribution in [0.4, 0.5) is 10.1 Å². The normalized spacial score (nSPS) is 14.2. The van der Waals surface area contributed by atoms with Gasteiger partial charge in [0.1, 0.15) is 5.82 Å². The Morgan fingerprint density at radius 2 is 1.61 bits per heavy atom. The van der Waals surface area contributed by atoms with Crippen LogP contribution < -0.4 is 5.32 Å². The van der Waals surface area contributed by atoms with Crippen LogP contribution in [-0.2, 0) is 13.0 Å². The van der Waals surface area contributed by atoms with Gasteiger partial charge in [-0.3, -0.25) is 9.59 Å². The minimum absolute atomic E-state index is 0.00512. The molecule has 1 saturated heterocycles. The topological polar surface area (TPSA) is 52.7 Å². The molecule has 8 heteroatoms. The predicted octanol–water partition coefficient (Wildman–Crippen LogP) is 9.27. The first kappa shape index (κ1) is 34.0. The number of likely N-dealkylation sites (tertiary alicyclic amines) is 1. The maximum atomic E-state index is 14.0. The molecule has 0 spiro atoms. The summed E-state index contributed by atoms with van der Waals surface area (Å²) in [5.74, 6) is -0.522. The monoisotopic (exact) mass is 639 g/mol. The molecule has 5 nitrogen and oxygen atoms in total. The minimum atomic E-state index is -0.710. The van der Waals surface area contributed by atoms with Crippen LogP contribution in [0.3, 0.4) is 0 Å². The Hall–Kier alpha value is -2.93. The summed E-state index contributed by atoms with van der Waals surface area (Å²) < 4.78 is 13.9. The van der Waals surface area contributed by atoms with Gasteiger partial charge in [-0.1, -0.05) is 81.1 Å². The summed E-state index contributed by atoms with van der Waals surface area (Å²) in [5.41, 5.74) is 3.48. The molecule has 236 valence electrons. The molecule has 0 bridgehead atoms. The van der Waals surface area contributed by atoms with E-state index in [0.717, 1.165) is 56.9 Å². The average Bonchev–Trinajstić information content (AvgIpc) is 3.02. The fourth-order valence-corrected chi connectivity index (χ4v) is 6.08. The number of rotatable bonds is 13. The number of nitrogens with one attached hydrogen (secondary N) is 1. The smallest absolute Gasteiger partial charge is 0.257 e. The van der Waals surface area contributed by atoms with E-state index in [1.165, 1.54) is 30.9 Å². The van der Waals surface area contributed by atoms with Crippen LogP contribution in [-0.4, -0.2) is 47.3 Å². The lowest BCUT2D eigenvalue weighted by molar-refractivity contribution is 0.0546. The molecule has 3 aromatic rings. The number of halogens is 3. The van der Waals surface area contributed by atoms with E-state index in [2.05, 4.69) is 43.1 Å². The Morgan fingerprint density at radius 1 is 0.955 bits per heavy atom. The number of piperidine rings is 1. The molecule has 4 rings (SSSR count). The molecule has 1 heterocycles. The van der Waals surface area contributed by atoms with Crippen molar-refractivity contribution in [1.29, 1.82) is 0 Å². The largest absolute Gasteiger partial charge is 0.331 e. The SMILES string of the molecule is CCCCCc1ccc(C(=O)N(Cc2ccc(NC(=O)c3cc(F)c(Cl)cc3Cl)cc2)C2CCN(CCC(C)C)CC2)cc1. The molecule has 0 saturated carbocycles. The lowest BCUT2D eigenvalue weighted by atomic mass is 9.99. The highest BCUT2D eigenvalue weighted by Crippen LogP contribution is 2.26. The third-order valence-electron chi connectivity index (χ3n) is 8.37. The summed E-state index contributed by atoms with van der Waals surface area (Å²) in [5, 5.41) is 2.70. The van der Waals surface area contributed by atoms with Gasteiger partial charge in [-0.15, -0.1) is 0 Å². The number of hydrogen-bond acceptors (Lipinski definition) is 3. The van der Waals surface area contributed by atoms with Crippen LogP contribution in [0.2, 0.25) is 10.0 Å². The molecule has 0 unspecified atom stereocenters. The van der Waals surface area contributed by atoms with E-state index in [1.807, 2.05) is 29.2 Å². The number of hydrogen-bond donors (Lipinski definition) is 1. The van der Waals surface area contributed by atoms with Gasteiger partial charge in [-0.25, -0.2) is 4.39 Å². The van der Waals surface area contributed by atoms with Gasteiger partial charge in [-0.2, -0.15) is 0 Å². The Kier molecular flexibility index (Phi) is 12.7. The molecule has 0 radical (unpaired) electrons. The Labute approximate surface area is 271 Å². The summed E-state index contributed by atoms with van der Waals surface area (Å²) in [7, 11) is 0. The molecule has 1 aliphatic rings. The van der Waals surface area contributed by atoms with Gasteiger partial charge < -0.3 is 15.1 Å². The summed E-state index contributed by atoms with van der Waals surface area (Å²) in [6, 6.07) is 17.9. The highest BCUT2D eigenvalue weighted by molar-refractivity contribution is 6.37. The molecular formula is C36H44Cl2FN3O2. The van der Waals surface area contributed by atoms with Crippen LogP contribution in [0.5, 0.6) is 0 Å². The molecule has 1 fully saturated rings. The molecule has 0 aliphatic carbocycles. The van der Waals surface area contributed by atoms with Crippen molar-refractivity contribution in [2.45, 2.75) is 78.3 Å². The number of carbonyl (C=O) groups excluding carboxylic acids is 2. The predicted molar refractivity (Wildman–Crippen MR) is 179 cm³/mol. The number of unbranched alkanes of at least 4 members (excludes halogenated alkanes) is 2. The zero-order valence-electron chi connectivity index (χ0n) is 26.1. The second-order valence-corrected chi connectivity index (χ2v) is 13.1. The van der Waals surface area contributed by atoms with E-state index in [-0.39, 0.29) is 27.6 Å². The molecular weight excluding hydrogens is 596 g/mol. The van der Waals surface area contributed by atoms with Crippen molar-refractivity contribution in [3.05, 3.63) is 98.8 Å². The Balaban J connectivity index is 1.47. The van der Waals surface area contributed by atoms with Crippen molar-refractivity contribution < 1.29 is 14.0 Å². The van der Waals surface area contributed by atoms with Gasteiger partial charge in [0, 0.05) is 36.9 Å². The quantitative estimate of drug-likeness (QED) is 0.150. The maximum absolute atomic E-state index is 14.0. The highest BCUT2D eigenvalue weighted by Gasteiger charge is 2.29. The fourth-order valence-electron chi connectivity index (χ4n) is 5.61. The third-order valence-corrected chi connectivity index (χ3v) is 8.97. The number of benzene rings is 3. The summed E-state index contributed by atoms with van der Waals surface area (Å²) in [4.78, 5) is 31.3. The van der Waals surface area contributed by atoms with Crippen molar-refractivity contribution in [3.63, 3.8) is 0 Å². The zero-order chi connectivity index (χ0) is 31.6. The average molecular weight is 641 g/mol. The molecule has 3 aromatic carbocycles. The number of carbonyl (C=O) groups is 2. The first-order valence-electron chi connectivity index (χ1n) is 15.8. The van der Waals surface area contributed by atoms with Crippen molar-refractivity contribution in [2.75, 3.05) is 25.0 Å². The van der Waals surface area contributed by atoms with Gasteiger partial charge in [0.15, 0.2) is 0 Å². The van der Waals surface area contributed by atoms with Gasteiger partial charge in [-0.05, 0) is 92.1 Å². The molecule has 0 aromatic heterocycles. The number of nitrogens with zero attached hydrogens (tertiary/aromatic N) is 2. The molecule has 1 aliphatic heterocycles. The summed E-state index contributed by atoms with van der Waals surface area (Å²) >= 11 is 11.9. The Morgan fingerprint density at radius 3 is 2.25 bits per heavy atom. The van der Waals surface area contributed by atoms with E-state index in [1.54, 1.807) is 12.1 Å². The Bertz CT molecular complexity index is 1390. The fraction of sp³-hybridized carbons (Fsp3) is 0.444. The molecule has 0 atom stereocenters. The van der Waals surface area contributed by atoms with E-state index in [0.29, 0.717) is 23.7 Å². The first-order chi connectivity index (χ1) is 21.1. The van der Waals surface area contributed by atoms with Crippen LogP contribution in [0.15, 0.2) is 60.7 Å². The second kappa shape index (κ2) is 16.4. The van der Waals surface area contributed by atoms with Gasteiger partial charge in [0.2, 0.25) is 0 Å². The number of amides is 2. The van der Waals surface area contributed by atoms with Crippen molar-refractivity contribution in [3.8, 4) is 0 Å². The van der Waals surface area contributed by atoms with Gasteiger partial charge >= 0.3 is 0 Å². The van der Waals surface area contributed by atoms with E-state index in [4.69, 9.17) is 23.2 Å². The standard InChI is InChI=1S/C36H44Cl2FN3O2/c1-4-5-6-7-26-8-12-28(13-9-26)36(44)42(30-17-20-41(21-18-30)19-16-25(2)3)24-27-10-14-29(15-11-27)40-35(43)31-22-34(39)33(38)23-32(31)37/h8-15,22-23,25,30H,4-7,16-21,24H2,1-3H3,(H,40,43). The van der Waals surface area contributed by atoms with Crippen LogP contribution >= 0.6 is 23.2 Å². The lowest BCUT2D eigenvalue weighted by Gasteiger charge is -2.39. The van der Waals surface area contributed by atoms with Crippen LogP contribution in [0.1, 0.15) is 91.1 Å². The first-order valence-corrected chi connectivity index (χ1v) is 16.6. The van der Waals surface area contributed by atoms with Gasteiger partial charge in [0.05, 0.1) is 15.6 Å². The van der Waals surface area contributed by atoms with E-state index in [9.17, 15) is 14.0 Å². The van der Waals surface area contributed by atoms with Gasteiger partial charge in [0.25, 0.3) is 11.8 Å². The number of anilines is 1. The minimum Gasteiger partial charge on any atom is -0.331 e. The maximum Gasteiger partial charge on any atom is 0.257 e. The van der Waals surface area contributed by atoms with Crippen molar-refractivity contribution in [1.82, 2.24) is 9.80 Å². The second-order valence-electron chi connectivity index (χ2n) is 12.2. The number of aryl methyl sites for hydroxylation is 1. The van der Waals surface area contributed by atoms with Crippen LogP contribution in [0.25, 0.3) is 0 Å². The highest BCUT2D eigenvalue weighted by atomic mass is 35.5. The lowest BCUT2D eigenvalue weighted by Crippen LogP contribution is -2.47. The molecule has 44 heavy (non-hydrogen) atoms. The van der Waals surface area contributed by atoms with E-state index >= 15 is 0 Å². The van der Waals surface area contributed by atoms with Crippen molar-refractivity contribution >= 4 is 40.7 Å². The third kappa shape index (κ3) is 9.53. The van der Waals surface area contributed by atoms with Crippen LogP contribution in [0, 0.1) is 11.7 Å². The molecule has 1 N–H and O–H groups in total. The van der Waals surface area contributed by atoms with E-state index < -0.39 is 11.7 Å². The summed E-state index contributed by atoms with van der Waals surface area (Å²) in [6.45, 7) is 10.2. The summed E-state index contributed by atoms with van der Waals surface area (Å²) in [6.07, 6.45) is 7.64.